The van der Waals surface area contributed by atoms with Gasteiger partial charge in [0.1, 0.15) is 12.4 Å². The predicted octanol–water partition coefficient (Wildman–Crippen LogP) is 2.57. The maximum Gasteiger partial charge on any atom is 0.410 e. The quantitative estimate of drug-likeness (QED) is 0.591. The van der Waals surface area contributed by atoms with Crippen LogP contribution in [0.15, 0.2) is 23.5 Å². The Morgan fingerprint density at radius 1 is 1.21 bits per heavy atom. The molecular formula is C22H30N4O6S. The monoisotopic (exact) mass is 478 g/mol. The van der Waals surface area contributed by atoms with Gasteiger partial charge in [-0.3, -0.25) is 0 Å². The van der Waals surface area contributed by atoms with Crippen molar-refractivity contribution >= 4 is 15.9 Å². The average Bonchev–Trinajstić information content (AvgIpc) is 2.74. The normalized spacial score (nSPS) is 14.9. The van der Waals surface area contributed by atoms with Crippen LogP contribution in [0.2, 0.25) is 0 Å². The number of likely N-dealkylation sites (tertiary alicyclic amines) is 1. The maximum absolute atomic E-state index is 12.1. The second-order valence-electron chi connectivity index (χ2n) is 8.24. The van der Waals surface area contributed by atoms with E-state index in [0.29, 0.717) is 55.4 Å². The molecule has 0 aliphatic carbocycles. The van der Waals surface area contributed by atoms with Gasteiger partial charge in [-0.1, -0.05) is 6.07 Å². The first-order chi connectivity index (χ1) is 15.6. The minimum absolute atomic E-state index is 0.0334. The number of amides is 1. The third kappa shape index (κ3) is 6.31. The number of methoxy groups -OCH3 is 1. The molecule has 10 nitrogen and oxygen atoms in total. The van der Waals surface area contributed by atoms with Crippen LogP contribution in [-0.2, 0) is 21.0 Å². The number of piperidine rings is 1. The van der Waals surface area contributed by atoms with Crippen LogP contribution >= 0.6 is 0 Å². The predicted molar refractivity (Wildman–Crippen MR) is 120 cm³/mol. The van der Waals surface area contributed by atoms with Crippen molar-refractivity contribution in [2.45, 2.75) is 57.3 Å². The number of aryl methyl sites for hydroxylation is 1. The van der Waals surface area contributed by atoms with Crippen LogP contribution in [0.3, 0.4) is 0 Å². The lowest BCUT2D eigenvalue weighted by molar-refractivity contribution is 0.0499. The number of rotatable bonds is 7. The van der Waals surface area contributed by atoms with Gasteiger partial charge in [0.05, 0.1) is 18.9 Å². The molecule has 0 N–H and O–H groups in total. The summed E-state index contributed by atoms with van der Waals surface area (Å²) < 4.78 is 40.4. The Morgan fingerprint density at radius 2 is 1.91 bits per heavy atom. The molecule has 2 aromatic heterocycles. The zero-order valence-electron chi connectivity index (χ0n) is 19.6. The summed E-state index contributed by atoms with van der Waals surface area (Å²) in [6.45, 7) is 6.48. The van der Waals surface area contributed by atoms with Crippen LogP contribution in [0, 0.1) is 6.92 Å². The molecule has 1 aliphatic heterocycles. The van der Waals surface area contributed by atoms with Gasteiger partial charge in [-0.15, -0.1) is 0 Å². The van der Waals surface area contributed by atoms with Crippen LogP contribution in [-0.4, -0.2) is 73.0 Å². The maximum atomic E-state index is 12.1. The zero-order chi connectivity index (χ0) is 24.2. The van der Waals surface area contributed by atoms with Gasteiger partial charge in [0.2, 0.25) is 5.75 Å². The van der Waals surface area contributed by atoms with Crippen molar-refractivity contribution in [3.05, 3.63) is 35.4 Å². The summed E-state index contributed by atoms with van der Waals surface area (Å²) >= 11 is 0. The number of sulfone groups is 1. The Kier molecular flexibility index (Phi) is 7.72. The summed E-state index contributed by atoms with van der Waals surface area (Å²) in [6, 6.07) is 3.22. The number of hydrogen-bond acceptors (Lipinski definition) is 9. The Bertz CT molecular complexity index is 1100. The van der Waals surface area contributed by atoms with Crippen LogP contribution in [0.5, 0.6) is 11.6 Å². The first kappa shape index (κ1) is 24.7. The summed E-state index contributed by atoms with van der Waals surface area (Å²) in [5.41, 5.74) is 2.03. The fourth-order valence-corrected chi connectivity index (χ4v) is 4.16. The van der Waals surface area contributed by atoms with E-state index in [-0.39, 0.29) is 23.3 Å². The molecule has 1 fully saturated rings. The Morgan fingerprint density at radius 3 is 2.48 bits per heavy atom. The highest BCUT2D eigenvalue weighted by Crippen LogP contribution is 2.31. The first-order valence-electron chi connectivity index (χ1n) is 10.7. The topological polar surface area (TPSA) is 121 Å². The fourth-order valence-electron chi connectivity index (χ4n) is 3.54. The number of pyridine rings is 1. The molecule has 0 atom stereocenters. The lowest BCUT2D eigenvalue weighted by Gasteiger charge is -2.32. The van der Waals surface area contributed by atoms with Gasteiger partial charge in [0.25, 0.3) is 5.88 Å². The van der Waals surface area contributed by atoms with E-state index in [0.717, 1.165) is 11.8 Å². The second-order valence-corrected chi connectivity index (χ2v) is 10.2. The van der Waals surface area contributed by atoms with Crippen LogP contribution in [0.4, 0.5) is 4.79 Å². The number of carbonyl (C=O) groups excluding carboxylic acids is 1. The Hall–Kier alpha value is -2.95. The third-order valence-electron chi connectivity index (χ3n) is 5.27. The molecule has 1 aliphatic rings. The highest BCUT2D eigenvalue weighted by atomic mass is 32.2. The summed E-state index contributed by atoms with van der Waals surface area (Å²) in [6.07, 6.45) is 3.62. The molecule has 11 heteroatoms. The lowest BCUT2D eigenvalue weighted by Crippen LogP contribution is -2.42. The summed E-state index contributed by atoms with van der Waals surface area (Å²) in [5, 5.41) is 0.0334. The Balaban J connectivity index is 1.71. The van der Waals surface area contributed by atoms with Gasteiger partial charge in [0.15, 0.2) is 14.9 Å². The zero-order valence-corrected chi connectivity index (χ0v) is 20.4. The van der Waals surface area contributed by atoms with E-state index in [1.165, 1.54) is 19.5 Å². The van der Waals surface area contributed by atoms with Crippen molar-refractivity contribution in [3.63, 3.8) is 0 Å². The summed E-state index contributed by atoms with van der Waals surface area (Å²) in [5.74, 6) is 0.759. The van der Waals surface area contributed by atoms with Crippen molar-refractivity contribution in [1.29, 1.82) is 0 Å². The highest BCUT2D eigenvalue weighted by Gasteiger charge is 2.27. The molecule has 3 heterocycles. The van der Waals surface area contributed by atoms with Gasteiger partial charge in [-0.05, 0) is 32.4 Å². The molecule has 33 heavy (non-hydrogen) atoms. The van der Waals surface area contributed by atoms with Gasteiger partial charge in [-0.2, -0.15) is 4.98 Å². The van der Waals surface area contributed by atoms with Crippen LogP contribution in [0.25, 0.3) is 0 Å². The molecule has 2 aromatic rings. The molecule has 180 valence electrons. The molecule has 0 bridgehead atoms. The minimum atomic E-state index is -3.38. The van der Waals surface area contributed by atoms with E-state index >= 15 is 0 Å². The van der Waals surface area contributed by atoms with E-state index < -0.39 is 9.84 Å². The van der Waals surface area contributed by atoms with Crippen LogP contribution < -0.4 is 9.47 Å². The SMILES string of the molecule is COc1c(Cc2ccc(S(C)(=O)=O)nc2C)ncnc1OC1CCN(C(=O)OC(C)C)CC1. The van der Waals surface area contributed by atoms with Gasteiger partial charge in [0, 0.05) is 44.3 Å². The van der Waals surface area contributed by atoms with Crippen molar-refractivity contribution in [1.82, 2.24) is 19.9 Å². The number of nitrogens with zero attached hydrogens (tertiary/aromatic N) is 4. The van der Waals surface area contributed by atoms with E-state index in [4.69, 9.17) is 14.2 Å². The molecule has 3 rings (SSSR count). The van der Waals surface area contributed by atoms with Crippen molar-refractivity contribution in [3.8, 4) is 11.6 Å². The molecule has 0 saturated carbocycles. The number of aromatic nitrogens is 3. The first-order valence-corrected chi connectivity index (χ1v) is 12.6. The van der Waals surface area contributed by atoms with E-state index in [9.17, 15) is 13.2 Å². The van der Waals surface area contributed by atoms with Crippen molar-refractivity contribution in [2.24, 2.45) is 0 Å². The van der Waals surface area contributed by atoms with E-state index in [1.807, 2.05) is 13.8 Å². The highest BCUT2D eigenvalue weighted by molar-refractivity contribution is 7.90. The lowest BCUT2D eigenvalue weighted by atomic mass is 10.1. The number of ether oxygens (including phenoxy) is 3. The molecule has 1 saturated heterocycles. The van der Waals surface area contributed by atoms with Crippen molar-refractivity contribution in [2.75, 3.05) is 26.5 Å². The summed E-state index contributed by atoms with van der Waals surface area (Å²) in [4.78, 5) is 26.6. The van der Waals surface area contributed by atoms with E-state index in [2.05, 4.69) is 15.0 Å². The molecule has 0 spiro atoms. The minimum Gasteiger partial charge on any atom is -0.490 e. The second kappa shape index (κ2) is 10.3. The fraction of sp³-hybridized carbons (Fsp3) is 0.545. The largest absolute Gasteiger partial charge is 0.490 e. The molecule has 0 aromatic carbocycles. The van der Waals surface area contributed by atoms with Gasteiger partial charge < -0.3 is 19.1 Å². The van der Waals surface area contributed by atoms with Crippen LogP contribution in [0.1, 0.15) is 43.6 Å². The number of carbonyl (C=O) groups is 1. The Labute approximate surface area is 194 Å². The van der Waals surface area contributed by atoms with Gasteiger partial charge in [-0.25, -0.2) is 23.2 Å². The third-order valence-corrected chi connectivity index (χ3v) is 6.26. The smallest absolute Gasteiger partial charge is 0.410 e. The molecule has 1 amide bonds. The van der Waals surface area contributed by atoms with E-state index in [1.54, 1.807) is 17.9 Å². The number of hydrogen-bond donors (Lipinski definition) is 0. The molecular weight excluding hydrogens is 448 g/mol. The van der Waals surface area contributed by atoms with Gasteiger partial charge >= 0.3 is 6.09 Å². The summed E-state index contributed by atoms with van der Waals surface area (Å²) in [7, 11) is -1.85. The van der Waals surface area contributed by atoms with Crippen molar-refractivity contribution < 1.29 is 27.4 Å². The molecule has 0 radical (unpaired) electrons. The standard InChI is InChI=1S/C22H30N4O6S/c1-14(2)31-22(27)26-10-8-17(9-11-26)32-21-20(30-4)18(23-13-24-21)12-16-6-7-19(25-15(16)3)33(5,28)29/h6-7,13-14,17H,8-12H2,1-5H3. The molecule has 0 unspecified atom stereocenters. The average molecular weight is 479 g/mol.